The predicted molar refractivity (Wildman–Crippen MR) is 67.6 cm³/mol. The predicted octanol–water partition coefficient (Wildman–Crippen LogP) is 2.62. The molecule has 5 nitrogen and oxygen atoms in total. The highest BCUT2D eigenvalue weighted by Crippen LogP contribution is 2.28. The Bertz CT molecular complexity index is 435. The van der Waals surface area contributed by atoms with Crippen LogP contribution in [0.4, 0.5) is 10.7 Å². The summed E-state index contributed by atoms with van der Waals surface area (Å²) in [4.78, 5) is 11.9. The average Bonchev–Trinajstić information content (AvgIpc) is 2.95. The molecule has 0 bridgehead atoms. The lowest BCUT2D eigenvalue weighted by Crippen LogP contribution is -2.39. The van der Waals surface area contributed by atoms with Gasteiger partial charge in [-0.05, 0) is 32.1 Å². The van der Waals surface area contributed by atoms with Crippen LogP contribution in [-0.4, -0.2) is 17.2 Å². The van der Waals surface area contributed by atoms with Gasteiger partial charge in [0.15, 0.2) is 0 Å². The number of hydrogen-bond acceptors (Lipinski definition) is 3. The smallest absolute Gasteiger partial charge is 0.321 e. The molecule has 0 spiro atoms. The largest absolute Gasteiger partial charge is 0.338 e. The normalized spacial score (nSPS) is 19.6. The van der Waals surface area contributed by atoms with Crippen molar-refractivity contribution in [2.75, 3.05) is 5.32 Å². The quantitative estimate of drug-likeness (QED) is 0.846. The van der Waals surface area contributed by atoms with E-state index >= 15 is 0 Å². The standard InChI is InChI=1S/C13H19N3O2/c17-13(14-9-5-2-1-3-6-9)15-12-10-7-4-8-11(10)16-18-12/h9H,1-8H2,(H2,14,15,17). The summed E-state index contributed by atoms with van der Waals surface area (Å²) in [5, 5.41) is 9.78. The third kappa shape index (κ3) is 2.35. The number of hydrogen-bond donors (Lipinski definition) is 2. The molecule has 18 heavy (non-hydrogen) atoms. The molecule has 0 unspecified atom stereocenters. The summed E-state index contributed by atoms with van der Waals surface area (Å²) in [6.45, 7) is 0. The van der Waals surface area contributed by atoms with E-state index in [1.807, 2.05) is 0 Å². The summed E-state index contributed by atoms with van der Waals surface area (Å²) in [5.74, 6) is 0.538. The van der Waals surface area contributed by atoms with Crippen LogP contribution in [0.5, 0.6) is 0 Å². The Hall–Kier alpha value is -1.52. The molecule has 2 N–H and O–H groups in total. The van der Waals surface area contributed by atoms with E-state index in [-0.39, 0.29) is 6.03 Å². The van der Waals surface area contributed by atoms with Crippen LogP contribution in [-0.2, 0) is 12.8 Å². The van der Waals surface area contributed by atoms with Crippen molar-refractivity contribution < 1.29 is 9.32 Å². The number of carbonyl (C=O) groups excluding carboxylic acids is 1. The van der Waals surface area contributed by atoms with Crippen LogP contribution >= 0.6 is 0 Å². The van der Waals surface area contributed by atoms with Gasteiger partial charge in [0, 0.05) is 11.6 Å². The summed E-state index contributed by atoms with van der Waals surface area (Å²) in [7, 11) is 0. The monoisotopic (exact) mass is 249 g/mol. The minimum atomic E-state index is -0.159. The minimum absolute atomic E-state index is 0.159. The molecule has 0 atom stereocenters. The summed E-state index contributed by atoms with van der Waals surface area (Å²) < 4.78 is 5.18. The fourth-order valence-corrected chi connectivity index (χ4v) is 2.90. The van der Waals surface area contributed by atoms with Gasteiger partial charge < -0.3 is 9.84 Å². The number of aromatic nitrogens is 1. The van der Waals surface area contributed by atoms with Crippen molar-refractivity contribution in [3.05, 3.63) is 11.3 Å². The zero-order valence-corrected chi connectivity index (χ0v) is 10.5. The van der Waals surface area contributed by atoms with Gasteiger partial charge in [0.1, 0.15) is 0 Å². The van der Waals surface area contributed by atoms with E-state index in [0.717, 1.165) is 43.4 Å². The molecule has 2 aliphatic carbocycles. The van der Waals surface area contributed by atoms with E-state index in [9.17, 15) is 4.79 Å². The summed E-state index contributed by atoms with van der Waals surface area (Å²) >= 11 is 0. The number of nitrogens with one attached hydrogen (secondary N) is 2. The van der Waals surface area contributed by atoms with Crippen molar-refractivity contribution in [2.24, 2.45) is 0 Å². The second-order valence-electron chi connectivity index (χ2n) is 5.22. The average molecular weight is 249 g/mol. The van der Waals surface area contributed by atoms with Gasteiger partial charge in [0.2, 0.25) is 5.88 Å². The van der Waals surface area contributed by atoms with Gasteiger partial charge >= 0.3 is 6.03 Å². The van der Waals surface area contributed by atoms with Crippen LogP contribution in [0.25, 0.3) is 0 Å². The lowest BCUT2D eigenvalue weighted by atomic mass is 9.96. The molecular weight excluding hydrogens is 230 g/mol. The molecule has 1 heterocycles. The number of rotatable bonds is 2. The number of nitrogens with zero attached hydrogens (tertiary/aromatic N) is 1. The van der Waals surface area contributed by atoms with E-state index in [1.165, 1.54) is 19.3 Å². The third-order valence-electron chi connectivity index (χ3n) is 3.88. The van der Waals surface area contributed by atoms with Crippen molar-refractivity contribution in [1.29, 1.82) is 0 Å². The fourth-order valence-electron chi connectivity index (χ4n) is 2.90. The summed E-state index contributed by atoms with van der Waals surface area (Å²) in [5.41, 5.74) is 2.08. The molecule has 1 aromatic heterocycles. The van der Waals surface area contributed by atoms with Crippen LogP contribution in [0.2, 0.25) is 0 Å². The topological polar surface area (TPSA) is 67.2 Å². The first kappa shape index (κ1) is 11.6. The number of urea groups is 1. The molecule has 2 amide bonds. The molecule has 1 aromatic rings. The van der Waals surface area contributed by atoms with E-state index < -0.39 is 0 Å². The van der Waals surface area contributed by atoms with Crippen LogP contribution < -0.4 is 10.6 Å². The van der Waals surface area contributed by atoms with Crippen LogP contribution in [0, 0.1) is 0 Å². The molecule has 1 fully saturated rings. The number of carbonyl (C=O) groups is 1. The van der Waals surface area contributed by atoms with Gasteiger partial charge in [-0.2, -0.15) is 0 Å². The van der Waals surface area contributed by atoms with Gasteiger partial charge in [0.05, 0.1) is 5.69 Å². The van der Waals surface area contributed by atoms with Crippen LogP contribution in [0.15, 0.2) is 4.52 Å². The number of anilines is 1. The summed E-state index contributed by atoms with van der Waals surface area (Å²) in [6, 6.07) is 0.155. The Morgan fingerprint density at radius 1 is 1.17 bits per heavy atom. The number of fused-ring (bicyclic) bond motifs is 1. The Morgan fingerprint density at radius 3 is 2.83 bits per heavy atom. The van der Waals surface area contributed by atoms with Crippen molar-refractivity contribution in [3.8, 4) is 0 Å². The molecule has 0 radical (unpaired) electrons. The maximum Gasteiger partial charge on any atom is 0.321 e. The van der Waals surface area contributed by atoms with Crippen molar-refractivity contribution in [3.63, 3.8) is 0 Å². The molecule has 0 aliphatic heterocycles. The first-order valence-electron chi connectivity index (χ1n) is 6.88. The van der Waals surface area contributed by atoms with Crippen molar-refractivity contribution >= 4 is 11.9 Å². The zero-order chi connectivity index (χ0) is 12.4. The first-order valence-corrected chi connectivity index (χ1v) is 6.88. The van der Waals surface area contributed by atoms with Gasteiger partial charge in [-0.15, -0.1) is 0 Å². The van der Waals surface area contributed by atoms with E-state index in [1.54, 1.807) is 0 Å². The van der Waals surface area contributed by atoms with Crippen molar-refractivity contribution in [2.45, 2.75) is 57.4 Å². The second kappa shape index (κ2) is 5.00. The fraction of sp³-hybridized carbons (Fsp3) is 0.692. The first-order chi connectivity index (χ1) is 8.83. The second-order valence-corrected chi connectivity index (χ2v) is 5.22. The van der Waals surface area contributed by atoms with Crippen LogP contribution in [0.3, 0.4) is 0 Å². The Labute approximate surface area is 106 Å². The highest BCUT2D eigenvalue weighted by Gasteiger charge is 2.23. The number of amides is 2. The minimum Gasteiger partial charge on any atom is -0.338 e. The van der Waals surface area contributed by atoms with E-state index in [4.69, 9.17) is 4.52 Å². The zero-order valence-electron chi connectivity index (χ0n) is 10.5. The molecule has 5 heteroatoms. The molecular formula is C13H19N3O2. The van der Waals surface area contributed by atoms with E-state index in [0.29, 0.717) is 11.9 Å². The third-order valence-corrected chi connectivity index (χ3v) is 3.88. The lowest BCUT2D eigenvalue weighted by Gasteiger charge is -2.22. The maximum atomic E-state index is 11.9. The van der Waals surface area contributed by atoms with Crippen LogP contribution in [0.1, 0.15) is 49.8 Å². The van der Waals surface area contributed by atoms with Gasteiger partial charge in [-0.1, -0.05) is 24.4 Å². The molecule has 98 valence electrons. The Balaban J connectivity index is 1.57. The van der Waals surface area contributed by atoms with Gasteiger partial charge in [-0.3, -0.25) is 5.32 Å². The Kier molecular flexibility index (Phi) is 3.21. The Morgan fingerprint density at radius 2 is 2.00 bits per heavy atom. The SMILES string of the molecule is O=C(Nc1onc2c1CCC2)NC1CCCCC1. The highest BCUT2D eigenvalue weighted by atomic mass is 16.5. The molecule has 2 aliphatic rings. The number of aryl methyl sites for hydroxylation is 1. The molecule has 0 saturated heterocycles. The molecule has 0 aromatic carbocycles. The summed E-state index contributed by atoms with van der Waals surface area (Å²) in [6.07, 6.45) is 8.90. The van der Waals surface area contributed by atoms with Gasteiger partial charge in [-0.25, -0.2) is 4.79 Å². The van der Waals surface area contributed by atoms with Gasteiger partial charge in [0.25, 0.3) is 0 Å². The molecule has 1 saturated carbocycles. The molecule has 3 rings (SSSR count). The maximum absolute atomic E-state index is 11.9. The lowest BCUT2D eigenvalue weighted by molar-refractivity contribution is 0.243. The van der Waals surface area contributed by atoms with Crippen molar-refractivity contribution in [1.82, 2.24) is 10.5 Å². The highest BCUT2D eigenvalue weighted by molar-refractivity contribution is 5.88. The van der Waals surface area contributed by atoms with E-state index in [2.05, 4.69) is 15.8 Å².